The van der Waals surface area contributed by atoms with Gasteiger partial charge in [-0.05, 0) is 55.2 Å². The largest absolute Gasteiger partial charge is 0.497 e. The Morgan fingerprint density at radius 1 is 1.18 bits per heavy atom. The molecule has 1 N–H and O–H groups in total. The van der Waals surface area contributed by atoms with Crippen molar-refractivity contribution >= 4 is 21.6 Å². The van der Waals surface area contributed by atoms with Crippen LogP contribution in [-0.4, -0.2) is 33.7 Å². The van der Waals surface area contributed by atoms with Gasteiger partial charge in [0.1, 0.15) is 5.75 Å². The fourth-order valence-electron chi connectivity index (χ4n) is 3.38. The second-order valence-corrected chi connectivity index (χ2v) is 8.87. The van der Waals surface area contributed by atoms with Gasteiger partial charge < -0.3 is 10.1 Å². The van der Waals surface area contributed by atoms with Crippen molar-refractivity contribution in [3.05, 3.63) is 59.7 Å². The predicted octanol–water partition coefficient (Wildman–Crippen LogP) is 3.51. The summed E-state index contributed by atoms with van der Waals surface area (Å²) in [5.41, 5.74) is 1.99. The molecule has 7 heteroatoms. The van der Waals surface area contributed by atoms with Crippen LogP contribution in [0.15, 0.2) is 48.5 Å². The second kappa shape index (κ2) is 8.65. The zero-order valence-corrected chi connectivity index (χ0v) is 17.0. The van der Waals surface area contributed by atoms with Crippen LogP contribution >= 0.6 is 0 Å². The number of ether oxygens (including phenoxy) is 1. The zero-order chi connectivity index (χ0) is 20.1. The van der Waals surface area contributed by atoms with E-state index < -0.39 is 10.0 Å². The lowest BCUT2D eigenvalue weighted by atomic mass is 10.0. The molecule has 0 spiro atoms. The van der Waals surface area contributed by atoms with Crippen LogP contribution in [0.2, 0.25) is 0 Å². The minimum Gasteiger partial charge on any atom is -0.497 e. The topological polar surface area (TPSA) is 75.7 Å². The predicted molar refractivity (Wildman–Crippen MR) is 110 cm³/mol. The molecule has 0 bridgehead atoms. The van der Waals surface area contributed by atoms with Gasteiger partial charge in [-0.2, -0.15) is 0 Å². The number of nitrogens with zero attached hydrogens (tertiary/aromatic N) is 1. The van der Waals surface area contributed by atoms with Gasteiger partial charge in [-0.1, -0.05) is 25.1 Å². The average Bonchev–Trinajstić information content (AvgIpc) is 2.71. The quantitative estimate of drug-likeness (QED) is 0.802. The van der Waals surface area contributed by atoms with Gasteiger partial charge in [0.25, 0.3) is 5.91 Å². The molecule has 1 fully saturated rings. The number of sulfonamides is 1. The number of hydrogen-bond acceptors (Lipinski definition) is 4. The maximum absolute atomic E-state index is 12.8. The van der Waals surface area contributed by atoms with Gasteiger partial charge in [0, 0.05) is 12.1 Å². The van der Waals surface area contributed by atoms with Crippen molar-refractivity contribution < 1.29 is 17.9 Å². The van der Waals surface area contributed by atoms with Crippen molar-refractivity contribution in [2.75, 3.05) is 23.7 Å². The highest BCUT2D eigenvalue weighted by Gasteiger charge is 2.26. The highest BCUT2D eigenvalue weighted by atomic mass is 32.2. The maximum atomic E-state index is 12.8. The van der Waals surface area contributed by atoms with E-state index in [1.165, 1.54) is 4.31 Å². The van der Waals surface area contributed by atoms with Gasteiger partial charge in [0.05, 0.1) is 24.6 Å². The summed E-state index contributed by atoms with van der Waals surface area (Å²) in [6, 6.07) is 14.3. The summed E-state index contributed by atoms with van der Waals surface area (Å²) < 4.78 is 31.3. The van der Waals surface area contributed by atoms with Crippen LogP contribution in [0.4, 0.5) is 5.69 Å². The molecule has 1 aliphatic rings. The minimum atomic E-state index is -3.31. The molecule has 2 aromatic rings. The van der Waals surface area contributed by atoms with Crippen molar-refractivity contribution in [3.63, 3.8) is 0 Å². The van der Waals surface area contributed by atoms with Gasteiger partial charge in [0.2, 0.25) is 10.0 Å². The van der Waals surface area contributed by atoms with E-state index >= 15 is 0 Å². The number of carbonyl (C=O) groups excluding carboxylic acids is 1. The van der Waals surface area contributed by atoms with E-state index in [1.54, 1.807) is 31.4 Å². The van der Waals surface area contributed by atoms with Gasteiger partial charge in [0.15, 0.2) is 0 Å². The number of carbonyl (C=O) groups is 1. The molecule has 0 unspecified atom stereocenters. The van der Waals surface area contributed by atoms with Crippen LogP contribution in [0, 0.1) is 0 Å². The number of benzene rings is 2. The van der Waals surface area contributed by atoms with Crippen molar-refractivity contribution in [3.8, 4) is 5.75 Å². The van der Waals surface area contributed by atoms with Crippen LogP contribution in [0.3, 0.4) is 0 Å². The van der Waals surface area contributed by atoms with E-state index in [4.69, 9.17) is 4.74 Å². The summed E-state index contributed by atoms with van der Waals surface area (Å²) >= 11 is 0. The molecule has 28 heavy (non-hydrogen) atoms. The summed E-state index contributed by atoms with van der Waals surface area (Å²) in [5, 5.41) is 3.04. The molecule has 1 atom stereocenters. The number of hydrogen-bond donors (Lipinski definition) is 1. The fraction of sp³-hybridized carbons (Fsp3) is 0.381. The molecule has 0 aromatic heterocycles. The first-order valence-corrected chi connectivity index (χ1v) is 11.1. The van der Waals surface area contributed by atoms with Gasteiger partial charge in [-0.25, -0.2) is 8.42 Å². The highest BCUT2D eigenvalue weighted by Crippen LogP contribution is 2.25. The molecule has 0 saturated carbocycles. The van der Waals surface area contributed by atoms with E-state index in [1.807, 2.05) is 31.2 Å². The number of nitrogens with one attached hydrogen (secondary N) is 1. The van der Waals surface area contributed by atoms with Crippen LogP contribution in [0.25, 0.3) is 0 Å². The van der Waals surface area contributed by atoms with Gasteiger partial charge in [-0.15, -0.1) is 0 Å². The molecule has 1 aliphatic heterocycles. The molecule has 0 radical (unpaired) electrons. The number of methoxy groups -OCH3 is 1. The smallest absolute Gasteiger partial charge is 0.251 e. The van der Waals surface area contributed by atoms with Crippen LogP contribution in [0.5, 0.6) is 5.75 Å². The van der Waals surface area contributed by atoms with E-state index in [2.05, 4.69) is 5.32 Å². The summed E-state index contributed by atoms with van der Waals surface area (Å²) in [7, 11) is -1.69. The van der Waals surface area contributed by atoms with E-state index in [0.29, 0.717) is 24.2 Å². The lowest BCUT2D eigenvalue weighted by molar-refractivity contribution is 0.0935. The Bertz CT molecular complexity index is 926. The SMILES string of the molecule is CC[C@@H](NC(=O)c1cccc(N2CCCCS2(=O)=O)c1)c1ccc(OC)cc1. The van der Waals surface area contributed by atoms with Crippen molar-refractivity contribution in [1.82, 2.24) is 5.32 Å². The van der Waals surface area contributed by atoms with Crippen LogP contribution in [0.1, 0.15) is 48.1 Å². The Kier molecular flexibility index (Phi) is 6.24. The van der Waals surface area contributed by atoms with Gasteiger partial charge in [-0.3, -0.25) is 9.10 Å². The van der Waals surface area contributed by atoms with E-state index in [-0.39, 0.29) is 17.7 Å². The lowest BCUT2D eigenvalue weighted by Crippen LogP contribution is -2.38. The summed E-state index contributed by atoms with van der Waals surface area (Å²) in [6.07, 6.45) is 2.24. The second-order valence-electron chi connectivity index (χ2n) is 6.85. The number of amides is 1. The monoisotopic (exact) mass is 402 g/mol. The molecule has 0 aliphatic carbocycles. The van der Waals surface area contributed by atoms with Crippen LogP contribution < -0.4 is 14.4 Å². The van der Waals surface area contributed by atoms with E-state index in [9.17, 15) is 13.2 Å². The lowest BCUT2D eigenvalue weighted by Gasteiger charge is -2.28. The van der Waals surface area contributed by atoms with Crippen molar-refractivity contribution in [2.45, 2.75) is 32.2 Å². The molecule has 150 valence electrons. The Morgan fingerprint density at radius 2 is 1.93 bits per heavy atom. The van der Waals surface area contributed by atoms with E-state index in [0.717, 1.165) is 24.2 Å². The molecule has 6 nitrogen and oxygen atoms in total. The third kappa shape index (κ3) is 4.47. The first kappa shape index (κ1) is 20.2. The molecular formula is C21H26N2O4S. The first-order valence-electron chi connectivity index (χ1n) is 9.50. The minimum absolute atomic E-state index is 0.138. The van der Waals surface area contributed by atoms with Crippen molar-refractivity contribution in [1.29, 1.82) is 0 Å². The molecule has 1 heterocycles. The third-order valence-corrected chi connectivity index (χ3v) is 6.85. The normalized spacial score (nSPS) is 17.0. The number of anilines is 1. The highest BCUT2D eigenvalue weighted by molar-refractivity contribution is 7.92. The molecular weight excluding hydrogens is 376 g/mol. The Morgan fingerprint density at radius 3 is 2.57 bits per heavy atom. The van der Waals surface area contributed by atoms with Crippen molar-refractivity contribution in [2.24, 2.45) is 0 Å². The first-order chi connectivity index (χ1) is 13.4. The maximum Gasteiger partial charge on any atom is 0.251 e. The third-order valence-electron chi connectivity index (χ3n) is 4.98. The fourth-order valence-corrected chi connectivity index (χ4v) is 5.01. The molecule has 3 rings (SSSR count). The Balaban J connectivity index is 1.78. The zero-order valence-electron chi connectivity index (χ0n) is 16.2. The Hall–Kier alpha value is -2.54. The van der Waals surface area contributed by atoms with Gasteiger partial charge >= 0.3 is 0 Å². The molecule has 1 saturated heterocycles. The molecule has 1 amide bonds. The summed E-state index contributed by atoms with van der Waals surface area (Å²) in [5.74, 6) is 0.693. The summed E-state index contributed by atoms with van der Waals surface area (Å²) in [4.78, 5) is 12.8. The van der Waals surface area contributed by atoms with Crippen LogP contribution in [-0.2, 0) is 10.0 Å². The average molecular weight is 403 g/mol. The standard InChI is InChI=1S/C21H26N2O4S/c1-3-20(16-9-11-19(27-2)12-10-16)22-21(24)17-7-6-8-18(15-17)23-13-4-5-14-28(23,25)26/h6-12,15,20H,3-5,13-14H2,1-2H3,(H,22,24)/t20-/m1/s1. The number of rotatable bonds is 6. The molecule has 2 aromatic carbocycles. The Labute approximate surface area is 166 Å². The summed E-state index contributed by atoms with van der Waals surface area (Å²) in [6.45, 7) is 2.46.